The van der Waals surface area contributed by atoms with Crippen LogP contribution in [0.15, 0.2) is 29.2 Å². The number of benzene rings is 1. The number of sulfone groups is 1. The number of rotatable bonds is 6. The van der Waals surface area contributed by atoms with Crippen LogP contribution in [0.25, 0.3) is 0 Å². The topological polar surface area (TPSA) is 49.4 Å². The molecule has 118 valence electrons. The van der Waals surface area contributed by atoms with Crippen molar-refractivity contribution in [1.29, 1.82) is 0 Å². The predicted molar refractivity (Wildman–Crippen MR) is 87.5 cm³/mol. The fourth-order valence-electron chi connectivity index (χ4n) is 2.79. The number of hydrogen-bond donors (Lipinski definition) is 1. The minimum Gasteiger partial charge on any atom is -0.382 e. The van der Waals surface area contributed by atoms with E-state index in [0.29, 0.717) is 10.9 Å². The van der Waals surface area contributed by atoms with Crippen molar-refractivity contribution < 1.29 is 8.42 Å². The van der Waals surface area contributed by atoms with Crippen molar-refractivity contribution >= 4 is 15.5 Å². The Kier molecular flexibility index (Phi) is 5.65. The molecule has 0 saturated carbocycles. The molecule has 1 aromatic rings. The molecule has 0 amide bonds. The molecule has 1 aromatic carbocycles. The maximum absolute atomic E-state index is 12.1. The van der Waals surface area contributed by atoms with Gasteiger partial charge in [0.05, 0.1) is 16.3 Å². The van der Waals surface area contributed by atoms with E-state index in [1.807, 2.05) is 12.1 Å². The normalized spacial score (nSPS) is 18.4. The molecule has 1 heterocycles. The van der Waals surface area contributed by atoms with Gasteiger partial charge in [-0.05, 0) is 45.0 Å². The van der Waals surface area contributed by atoms with Gasteiger partial charge in [-0.2, -0.15) is 0 Å². The number of para-hydroxylation sites is 1. The molecule has 5 heteroatoms. The largest absolute Gasteiger partial charge is 0.382 e. The summed E-state index contributed by atoms with van der Waals surface area (Å²) < 4.78 is 24.2. The van der Waals surface area contributed by atoms with Crippen LogP contribution in [-0.4, -0.2) is 44.7 Å². The van der Waals surface area contributed by atoms with Crippen molar-refractivity contribution in [2.45, 2.75) is 44.0 Å². The lowest BCUT2D eigenvalue weighted by atomic mass is 10.1. The van der Waals surface area contributed by atoms with Crippen molar-refractivity contribution in [3.63, 3.8) is 0 Å². The minimum atomic E-state index is -3.18. The van der Waals surface area contributed by atoms with E-state index in [-0.39, 0.29) is 5.75 Å². The fraction of sp³-hybridized carbons (Fsp3) is 0.625. The predicted octanol–water partition coefficient (Wildman–Crippen LogP) is 2.77. The Morgan fingerprint density at radius 1 is 1.19 bits per heavy atom. The van der Waals surface area contributed by atoms with Gasteiger partial charge in [-0.15, -0.1) is 0 Å². The highest BCUT2D eigenvalue weighted by Crippen LogP contribution is 2.22. The van der Waals surface area contributed by atoms with Gasteiger partial charge < -0.3 is 5.32 Å². The van der Waals surface area contributed by atoms with Crippen molar-refractivity contribution in [2.24, 2.45) is 0 Å². The molecular weight excluding hydrogens is 284 g/mol. The molecule has 1 aliphatic rings. The molecule has 1 atom stereocenters. The van der Waals surface area contributed by atoms with E-state index in [9.17, 15) is 8.42 Å². The summed E-state index contributed by atoms with van der Waals surface area (Å²) in [6, 6.07) is 7.62. The number of nitrogens with zero attached hydrogens (tertiary/aromatic N) is 1. The molecule has 0 bridgehead atoms. The zero-order valence-electron chi connectivity index (χ0n) is 13.0. The van der Waals surface area contributed by atoms with Crippen LogP contribution in [0.4, 0.5) is 5.69 Å². The molecule has 1 N–H and O–H groups in total. The van der Waals surface area contributed by atoms with E-state index in [0.717, 1.165) is 25.3 Å². The summed E-state index contributed by atoms with van der Waals surface area (Å²) in [5.74, 6) is 0.132. The third-order valence-corrected chi connectivity index (χ3v) is 5.99. The lowest BCUT2D eigenvalue weighted by molar-refractivity contribution is 0.180. The van der Waals surface area contributed by atoms with E-state index >= 15 is 0 Å². The van der Waals surface area contributed by atoms with Crippen LogP contribution in [0, 0.1) is 0 Å². The standard InChI is InChI=1S/C16H26N2O2S/c1-3-21(19,20)16-10-6-5-9-15(16)17-13-14(2)18-11-7-4-8-12-18/h5-6,9-10,14,17H,3-4,7-8,11-13H2,1-2H3. The Bertz CT molecular complexity index is 551. The highest BCUT2D eigenvalue weighted by Gasteiger charge is 2.19. The van der Waals surface area contributed by atoms with E-state index in [1.54, 1.807) is 19.1 Å². The zero-order valence-corrected chi connectivity index (χ0v) is 13.8. The molecule has 1 saturated heterocycles. The molecule has 1 unspecified atom stereocenters. The third-order valence-electron chi connectivity index (χ3n) is 4.20. The van der Waals surface area contributed by atoms with Gasteiger partial charge in [0.2, 0.25) is 0 Å². The summed E-state index contributed by atoms with van der Waals surface area (Å²) in [4.78, 5) is 2.89. The van der Waals surface area contributed by atoms with Gasteiger partial charge in [0.15, 0.2) is 9.84 Å². The molecule has 0 aliphatic carbocycles. The second-order valence-corrected chi connectivity index (χ2v) is 7.97. The van der Waals surface area contributed by atoms with Crippen molar-refractivity contribution in [3.8, 4) is 0 Å². The van der Waals surface area contributed by atoms with Gasteiger partial charge in [-0.25, -0.2) is 8.42 Å². The molecule has 0 spiro atoms. The monoisotopic (exact) mass is 310 g/mol. The molecule has 4 nitrogen and oxygen atoms in total. The van der Waals surface area contributed by atoms with E-state index in [1.165, 1.54) is 19.3 Å². The number of hydrogen-bond acceptors (Lipinski definition) is 4. The van der Waals surface area contributed by atoms with Crippen LogP contribution in [-0.2, 0) is 9.84 Å². The Labute approximate surface area is 128 Å². The molecule has 1 aliphatic heterocycles. The first-order valence-electron chi connectivity index (χ1n) is 7.84. The van der Waals surface area contributed by atoms with E-state index in [2.05, 4.69) is 17.1 Å². The van der Waals surface area contributed by atoms with Crippen LogP contribution < -0.4 is 5.32 Å². The molecule has 1 fully saturated rings. The van der Waals surface area contributed by atoms with Crippen molar-refractivity contribution in [3.05, 3.63) is 24.3 Å². The third kappa shape index (κ3) is 4.20. The van der Waals surface area contributed by atoms with Crippen LogP contribution in [0.2, 0.25) is 0 Å². The van der Waals surface area contributed by atoms with Crippen LogP contribution >= 0.6 is 0 Å². The lowest BCUT2D eigenvalue weighted by Gasteiger charge is -2.32. The summed E-state index contributed by atoms with van der Waals surface area (Å²) in [6.45, 7) is 6.96. The van der Waals surface area contributed by atoms with Crippen molar-refractivity contribution in [2.75, 3.05) is 30.7 Å². The zero-order chi connectivity index (χ0) is 15.3. The second kappa shape index (κ2) is 7.27. The van der Waals surface area contributed by atoms with E-state index < -0.39 is 9.84 Å². The van der Waals surface area contributed by atoms with Gasteiger partial charge in [0, 0.05) is 12.6 Å². The fourth-order valence-corrected chi connectivity index (χ4v) is 3.86. The van der Waals surface area contributed by atoms with Crippen LogP contribution in [0.1, 0.15) is 33.1 Å². The van der Waals surface area contributed by atoms with Crippen molar-refractivity contribution in [1.82, 2.24) is 4.90 Å². The molecule has 0 radical (unpaired) electrons. The SMILES string of the molecule is CCS(=O)(=O)c1ccccc1NCC(C)N1CCCCC1. The lowest BCUT2D eigenvalue weighted by Crippen LogP contribution is -2.41. The minimum absolute atomic E-state index is 0.132. The average Bonchev–Trinajstić information content (AvgIpc) is 2.53. The molecule has 21 heavy (non-hydrogen) atoms. The maximum atomic E-state index is 12.1. The Morgan fingerprint density at radius 3 is 2.52 bits per heavy atom. The highest BCUT2D eigenvalue weighted by atomic mass is 32.2. The average molecular weight is 310 g/mol. The Hall–Kier alpha value is -1.07. The summed E-state index contributed by atoms with van der Waals surface area (Å²) in [7, 11) is -3.18. The first-order chi connectivity index (χ1) is 10.0. The number of piperidine rings is 1. The molecule has 0 aromatic heterocycles. The number of anilines is 1. The number of likely N-dealkylation sites (tertiary alicyclic amines) is 1. The van der Waals surface area contributed by atoms with Gasteiger partial charge in [-0.1, -0.05) is 25.5 Å². The highest BCUT2D eigenvalue weighted by molar-refractivity contribution is 7.91. The quantitative estimate of drug-likeness (QED) is 0.878. The summed E-state index contributed by atoms with van der Waals surface area (Å²) >= 11 is 0. The van der Waals surface area contributed by atoms with Crippen LogP contribution in [0.3, 0.4) is 0 Å². The summed E-state index contributed by atoms with van der Waals surface area (Å²) in [5.41, 5.74) is 0.725. The Balaban J connectivity index is 2.03. The Morgan fingerprint density at radius 2 is 1.86 bits per heavy atom. The van der Waals surface area contributed by atoms with Gasteiger partial charge in [-0.3, -0.25) is 4.90 Å². The summed E-state index contributed by atoms with van der Waals surface area (Å²) in [6.07, 6.45) is 3.87. The van der Waals surface area contributed by atoms with Gasteiger partial charge in [0.1, 0.15) is 0 Å². The first kappa shape index (κ1) is 16.3. The van der Waals surface area contributed by atoms with E-state index in [4.69, 9.17) is 0 Å². The smallest absolute Gasteiger partial charge is 0.180 e. The summed E-state index contributed by atoms with van der Waals surface area (Å²) in [5, 5.41) is 3.33. The molecular formula is C16H26N2O2S. The van der Waals surface area contributed by atoms with Gasteiger partial charge >= 0.3 is 0 Å². The number of nitrogens with one attached hydrogen (secondary N) is 1. The maximum Gasteiger partial charge on any atom is 0.180 e. The van der Waals surface area contributed by atoms with Crippen LogP contribution in [0.5, 0.6) is 0 Å². The molecule has 2 rings (SSSR count). The first-order valence-corrected chi connectivity index (χ1v) is 9.49. The van der Waals surface area contributed by atoms with Gasteiger partial charge in [0.25, 0.3) is 0 Å². The second-order valence-electron chi connectivity index (χ2n) is 5.73.